The summed E-state index contributed by atoms with van der Waals surface area (Å²) in [6.45, 7) is 2.37. The van der Waals surface area contributed by atoms with Crippen LogP contribution < -0.4 is 10.6 Å². The van der Waals surface area contributed by atoms with Gasteiger partial charge < -0.3 is 20.4 Å². The number of halogens is 1. The fourth-order valence-corrected chi connectivity index (χ4v) is 4.05. The molecule has 0 unspecified atom stereocenters. The molecule has 2 amide bonds. The molecule has 3 aromatic rings. The van der Waals surface area contributed by atoms with Gasteiger partial charge in [-0.25, -0.2) is 4.79 Å². The fourth-order valence-electron chi connectivity index (χ4n) is 3.86. The smallest absolute Gasteiger partial charge is 0.315 e. The van der Waals surface area contributed by atoms with Crippen molar-refractivity contribution in [2.75, 3.05) is 19.8 Å². The van der Waals surface area contributed by atoms with E-state index in [1.807, 2.05) is 36.4 Å². The second-order valence-electron chi connectivity index (χ2n) is 7.32. The van der Waals surface area contributed by atoms with E-state index < -0.39 is 0 Å². The number of aromatic amines is 1. The number of fused-ring (bicyclic) bond motifs is 1. The van der Waals surface area contributed by atoms with Crippen LogP contribution in [0.5, 0.6) is 0 Å². The zero-order valence-electron chi connectivity index (χ0n) is 15.6. The van der Waals surface area contributed by atoms with Gasteiger partial charge in [0.25, 0.3) is 0 Å². The lowest BCUT2D eigenvalue weighted by atomic mass is 9.74. The van der Waals surface area contributed by atoms with Crippen LogP contribution >= 0.6 is 11.6 Å². The molecule has 5 nitrogen and oxygen atoms in total. The predicted molar refractivity (Wildman–Crippen MR) is 112 cm³/mol. The number of para-hydroxylation sites is 1. The summed E-state index contributed by atoms with van der Waals surface area (Å²) >= 11 is 6.21. The van der Waals surface area contributed by atoms with E-state index in [0.29, 0.717) is 31.3 Å². The number of benzene rings is 2. The molecule has 0 radical (unpaired) electrons. The molecule has 0 atom stereocenters. The summed E-state index contributed by atoms with van der Waals surface area (Å²) in [6, 6.07) is 17.9. The average molecular weight is 398 g/mol. The van der Waals surface area contributed by atoms with Crippen LogP contribution in [0.1, 0.15) is 24.1 Å². The first-order valence-electron chi connectivity index (χ1n) is 9.57. The van der Waals surface area contributed by atoms with Crippen molar-refractivity contribution in [3.63, 3.8) is 0 Å². The number of ether oxygens (including phenoxy) is 1. The molecule has 2 aromatic carbocycles. The minimum absolute atomic E-state index is 0.151. The summed E-state index contributed by atoms with van der Waals surface area (Å²) in [6.07, 6.45) is 1.71. The Hall–Kier alpha value is -2.50. The lowest BCUT2D eigenvalue weighted by Gasteiger charge is -2.38. The van der Waals surface area contributed by atoms with Crippen LogP contribution in [0.25, 0.3) is 10.9 Å². The van der Waals surface area contributed by atoms with E-state index in [1.54, 1.807) is 0 Å². The Labute approximate surface area is 169 Å². The maximum absolute atomic E-state index is 12.4. The minimum Gasteiger partial charge on any atom is -0.381 e. The lowest BCUT2D eigenvalue weighted by molar-refractivity contribution is 0.0507. The third-order valence-corrected chi connectivity index (χ3v) is 5.73. The van der Waals surface area contributed by atoms with E-state index in [0.717, 1.165) is 35.0 Å². The number of hydrogen-bond donors (Lipinski definition) is 3. The molecule has 0 saturated carbocycles. The Kier molecular flexibility index (Phi) is 5.55. The summed E-state index contributed by atoms with van der Waals surface area (Å²) in [5, 5.41) is 7.85. The third kappa shape index (κ3) is 4.16. The molecule has 1 saturated heterocycles. The van der Waals surface area contributed by atoms with Crippen LogP contribution in [-0.4, -0.2) is 30.8 Å². The van der Waals surface area contributed by atoms with Crippen LogP contribution in [0, 0.1) is 0 Å². The predicted octanol–water partition coefficient (Wildman–Crippen LogP) is 4.37. The van der Waals surface area contributed by atoms with E-state index in [9.17, 15) is 4.79 Å². The number of H-pyrrole nitrogens is 1. The highest BCUT2D eigenvalue weighted by Gasteiger charge is 2.35. The monoisotopic (exact) mass is 397 g/mol. The van der Waals surface area contributed by atoms with Crippen molar-refractivity contribution in [1.82, 2.24) is 15.6 Å². The third-order valence-electron chi connectivity index (χ3n) is 5.50. The molecule has 146 valence electrons. The van der Waals surface area contributed by atoms with Gasteiger partial charge in [-0.05, 0) is 48.1 Å². The summed E-state index contributed by atoms with van der Waals surface area (Å²) in [7, 11) is 0. The molecule has 1 aromatic heterocycles. The molecule has 0 bridgehead atoms. The zero-order valence-corrected chi connectivity index (χ0v) is 16.4. The number of urea groups is 1. The van der Waals surface area contributed by atoms with Gasteiger partial charge in [0.05, 0.1) is 6.54 Å². The summed E-state index contributed by atoms with van der Waals surface area (Å²) in [4.78, 5) is 15.7. The molecule has 1 aliphatic heterocycles. The van der Waals surface area contributed by atoms with Crippen LogP contribution in [0.2, 0.25) is 5.02 Å². The topological polar surface area (TPSA) is 66.2 Å². The molecule has 1 fully saturated rings. The largest absolute Gasteiger partial charge is 0.381 e. The number of carbonyl (C=O) groups is 1. The van der Waals surface area contributed by atoms with Crippen molar-refractivity contribution in [2.45, 2.75) is 24.8 Å². The van der Waals surface area contributed by atoms with Crippen LogP contribution in [0.15, 0.2) is 54.6 Å². The van der Waals surface area contributed by atoms with Gasteiger partial charge in [-0.15, -0.1) is 0 Å². The maximum Gasteiger partial charge on any atom is 0.315 e. The van der Waals surface area contributed by atoms with Gasteiger partial charge in [0.15, 0.2) is 0 Å². The van der Waals surface area contributed by atoms with Crippen molar-refractivity contribution < 1.29 is 9.53 Å². The van der Waals surface area contributed by atoms with Gasteiger partial charge in [0, 0.05) is 41.4 Å². The van der Waals surface area contributed by atoms with Crippen LogP contribution in [0.3, 0.4) is 0 Å². The van der Waals surface area contributed by atoms with E-state index in [-0.39, 0.29) is 11.4 Å². The molecule has 2 heterocycles. The molecule has 0 aliphatic carbocycles. The SMILES string of the molecule is O=C(NCc1cc2ccccc2[nH]1)NCC1(c2cccc(Cl)c2)CCOCC1. The summed E-state index contributed by atoms with van der Waals surface area (Å²) in [5.41, 5.74) is 3.05. The molecular weight excluding hydrogens is 374 g/mol. The molecule has 3 N–H and O–H groups in total. The molecule has 0 spiro atoms. The molecule has 6 heteroatoms. The second-order valence-corrected chi connectivity index (χ2v) is 7.76. The van der Waals surface area contributed by atoms with E-state index >= 15 is 0 Å². The number of nitrogens with one attached hydrogen (secondary N) is 3. The number of carbonyl (C=O) groups excluding carboxylic acids is 1. The van der Waals surface area contributed by atoms with Crippen molar-refractivity contribution >= 4 is 28.5 Å². The van der Waals surface area contributed by atoms with Crippen molar-refractivity contribution in [3.05, 3.63) is 70.9 Å². The molecule has 28 heavy (non-hydrogen) atoms. The first-order chi connectivity index (χ1) is 13.6. The normalized spacial score (nSPS) is 16.0. The maximum atomic E-state index is 12.4. The molecule has 1 aliphatic rings. The highest BCUT2D eigenvalue weighted by Crippen LogP contribution is 2.35. The first-order valence-corrected chi connectivity index (χ1v) is 9.95. The Morgan fingerprint density at radius 1 is 1.07 bits per heavy atom. The van der Waals surface area contributed by atoms with Crippen LogP contribution in [0.4, 0.5) is 4.79 Å². The van der Waals surface area contributed by atoms with Gasteiger partial charge >= 0.3 is 6.03 Å². The van der Waals surface area contributed by atoms with Gasteiger partial charge in [0.2, 0.25) is 0 Å². The van der Waals surface area contributed by atoms with Crippen LogP contribution in [-0.2, 0) is 16.7 Å². The number of aromatic nitrogens is 1. The number of hydrogen-bond acceptors (Lipinski definition) is 2. The van der Waals surface area contributed by atoms with Gasteiger partial charge in [-0.3, -0.25) is 0 Å². The quantitative estimate of drug-likeness (QED) is 0.598. The van der Waals surface area contributed by atoms with Crippen molar-refractivity contribution in [2.24, 2.45) is 0 Å². The highest BCUT2D eigenvalue weighted by molar-refractivity contribution is 6.30. The Balaban J connectivity index is 1.38. The van der Waals surface area contributed by atoms with Crippen molar-refractivity contribution in [1.29, 1.82) is 0 Å². The van der Waals surface area contributed by atoms with Gasteiger partial charge in [-0.2, -0.15) is 0 Å². The Bertz CT molecular complexity index is 930. The number of rotatable bonds is 5. The fraction of sp³-hybridized carbons (Fsp3) is 0.318. The second kappa shape index (κ2) is 8.25. The van der Waals surface area contributed by atoms with E-state index in [1.165, 1.54) is 0 Å². The highest BCUT2D eigenvalue weighted by atomic mass is 35.5. The molecule has 4 rings (SSSR count). The standard InChI is InChI=1S/C22H24ClN3O2/c23-18-6-3-5-17(13-18)22(8-10-28-11-9-22)15-25-21(27)24-14-19-12-16-4-1-2-7-20(16)26-19/h1-7,12-13,26H,8-11,14-15H2,(H2,24,25,27). The van der Waals surface area contributed by atoms with Gasteiger partial charge in [-0.1, -0.05) is 41.9 Å². The summed E-state index contributed by atoms with van der Waals surface area (Å²) < 4.78 is 5.55. The molecular formula is C22H24ClN3O2. The zero-order chi connectivity index (χ0) is 19.4. The van der Waals surface area contributed by atoms with E-state index in [2.05, 4.69) is 33.8 Å². The summed E-state index contributed by atoms with van der Waals surface area (Å²) in [5.74, 6) is 0. The Morgan fingerprint density at radius 2 is 1.89 bits per heavy atom. The average Bonchev–Trinajstić information content (AvgIpc) is 3.14. The van der Waals surface area contributed by atoms with E-state index in [4.69, 9.17) is 16.3 Å². The number of amides is 2. The minimum atomic E-state index is -0.174. The first kappa shape index (κ1) is 18.8. The van der Waals surface area contributed by atoms with Crippen molar-refractivity contribution in [3.8, 4) is 0 Å². The lowest BCUT2D eigenvalue weighted by Crippen LogP contribution is -2.47. The van der Waals surface area contributed by atoms with Gasteiger partial charge in [0.1, 0.15) is 0 Å². The Morgan fingerprint density at radius 3 is 2.68 bits per heavy atom.